The van der Waals surface area contributed by atoms with E-state index in [1.165, 1.54) is 25.0 Å². The molecule has 0 saturated heterocycles. The van der Waals surface area contributed by atoms with Gasteiger partial charge in [0.25, 0.3) is 5.91 Å². The lowest BCUT2D eigenvalue weighted by atomic mass is 10.0. The molecule has 1 aromatic heterocycles. The van der Waals surface area contributed by atoms with Gasteiger partial charge in [0.05, 0.1) is 11.7 Å². The van der Waals surface area contributed by atoms with E-state index in [9.17, 15) is 9.18 Å². The van der Waals surface area contributed by atoms with E-state index in [-0.39, 0.29) is 17.8 Å². The van der Waals surface area contributed by atoms with Crippen LogP contribution in [0.2, 0.25) is 0 Å². The molecule has 1 fully saturated rings. The molecule has 5 nitrogen and oxygen atoms in total. The lowest BCUT2D eigenvalue weighted by Gasteiger charge is -2.25. The van der Waals surface area contributed by atoms with E-state index in [0.717, 1.165) is 16.8 Å². The topological polar surface area (TPSA) is 63.2 Å². The number of hydrogen-bond donors (Lipinski definition) is 2. The van der Waals surface area contributed by atoms with Crippen LogP contribution in [-0.2, 0) is 6.42 Å². The number of hydrogen-bond acceptors (Lipinski definition) is 4. The summed E-state index contributed by atoms with van der Waals surface area (Å²) in [5.74, 6) is 0.598. The number of nitrogens with one attached hydrogen (secondary N) is 2. The van der Waals surface area contributed by atoms with Crippen molar-refractivity contribution >= 4 is 11.6 Å². The van der Waals surface area contributed by atoms with Gasteiger partial charge in [-0.3, -0.25) is 4.79 Å². The summed E-state index contributed by atoms with van der Waals surface area (Å²) in [7, 11) is 0. The van der Waals surface area contributed by atoms with Crippen molar-refractivity contribution in [2.75, 3.05) is 18.5 Å². The molecule has 1 saturated carbocycles. The summed E-state index contributed by atoms with van der Waals surface area (Å²) >= 11 is 0. The average molecular weight is 355 g/mol. The Labute approximate surface area is 152 Å². The number of carbonyl (C=O) groups excluding carboxylic acids is 1. The quantitative estimate of drug-likeness (QED) is 0.865. The Morgan fingerprint density at radius 2 is 2.12 bits per heavy atom. The maximum Gasteiger partial charge on any atom is 0.270 e. The van der Waals surface area contributed by atoms with Gasteiger partial charge in [0.1, 0.15) is 18.1 Å². The predicted molar refractivity (Wildman–Crippen MR) is 97.1 cm³/mol. The van der Waals surface area contributed by atoms with Crippen molar-refractivity contribution in [2.24, 2.45) is 5.92 Å². The summed E-state index contributed by atoms with van der Waals surface area (Å²) in [4.78, 5) is 17.2. The van der Waals surface area contributed by atoms with Crippen LogP contribution in [0.25, 0.3) is 0 Å². The van der Waals surface area contributed by atoms with Gasteiger partial charge in [-0.2, -0.15) is 0 Å². The third kappa shape index (κ3) is 3.79. The Balaban J connectivity index is 1.64. The number of rotatable bonds is 5. The molecule has 4 rings (SSSR count). The molecule has 0 radical (unpaired) electrons. The van der Waals surface area contributed by atoms with Crippen LogP contribution in [0.4, 0.5) is 10.1 Å². The van der Waals surface area contributed by atoms with Gasteiger partial charge in [-0.15, -0.1) is 0 Å². The van der Waals surface area contributed by atoms with Crippen LogP contribution in [0.5, 0.6) is 5.88 Å². The van der Waals surface area contributed by atoms with Crippen LogP contribution in [0, 0.1) is 11.7 Å². The number of halogens is 1. The Kier molecular flexibility index (Phi) is 4.49. The van der Waals surface area contributed by atoms with Crippen LogP contribution < -0.4 is 15.4 Å². The summed E-state index contributed by atoms with van der Waals surface area (Å²) in [5.41, 5.74) is 2.90. The third-order valence-electron chi connectivity index (χ3n) is 4.71. The van der Waals surface area contributed by atoms with Crippen LogP contribution in [-0.4, -0.2) is 30.1 Å². The van der Waals surface area contributed by atoms with E-state index < -0.39 is 0 Å². The molecule has 0 unspecified atom stereocenters. The minimum atomic E-state index is -0.274. The van der Waals surface area contributed by atoms with E-state index >= 15 is 0 Å². The molecule has 2 aromatic rings. The van der Waals surface area contributed by atoms with Crippen molar-refractivity contribution in [1.29, 1.82) is 0 Å². The zero-order valence-corrected chi connectivity index (χ0v) is 14.7. The Bertz CT molecular complexity index is 819. The molecule has 1 amide bonds. The number of fused-ring (bicyclic) bond motifs is 1. The van der Waals surface area contributed by atoms with E-state index in [0.29, 0.717) is 37.1 Å². The molecule has 2 aliphatic rings. The van der Waals surface area contributed by atoms with E-state index in [1.807, 2.05) is 13.0 Å². The molecule has 0 bridgehead atoms. The molecular formula is C20H22FN3O2. The highest BCUT2D eigenvalue weighted by Gasteiger charge is 2.25. The van der Waals surface area contributed by atoms with E-state index in [1.54, 1.807) is 12.1 Å². The molecule has 1 aromatic carbocycles. The lowest BCUT2D eigenvalue weighted by Crippen LogP contribution is -2.31. The minimum Gasteiger partial charge on any atom is -0.474 e. The second kappa shape index (κ2) is 6.94. The highest BCUT2D eigenvalue weighted by Crippen LogP contribution is 2.31. The van der Waals surface area contributed by atoms with Crippen molar-refractivity contribution in [1.82, 2.24) is 10.3 Å². The molecule has 136 valence electrons. The van der Waals surface area contributed by atoms with Crippen LogP contribution in [0.15, 0.2) is 30.3 Å². The van der Waals surface area contributed by atoms with E-state index in [4.69, 9.17) is 4.74 Å². The molecule has 6 heteroatoms. The number of ether oxygens (including phenoxy) is 1. The number of benzene rings is 1. The van der Waals surface area contributed by atoms with Gasteiger partial charge >= 0.3 is 0 Å². The summed E-state index contributed by atoms with van der Waals surface area (Å²) < 4.78 is 18.9. The standard InChI is InChI=1S/C20H22FN3O2/c1-12-11-26-20-17(23-12)9-15(8-13-4-6-16(21)7-5-13)18(24-20)19(25)22-10-14-2-3-14/h4-7,9,12,14,23H,2-3,8,10-11H2,1H3,(H,22,25)/t12-/m0/s1. The minimum absolute atomic E-state index is 0.178. The number of amides is 1. The Morgan fingerprint density at radius 1 is 1.35 bits per heavy atom. The first-order chi connectivity index (χ1) is 12.6. The molecule has 26 heavy (non-hydrogen) atoms. The molecule has 2 N–H and O–H groups in total. The number of aromatic nitrogens is 1. The second-order valence-corrected chi connectivity index (χ2v) is 7.16. The van der Waals surface area contributed by atoms with Gasteiger partial charge in [0, 0.05) is 6.54 Å². The van der Waals surface area contributed by atoms with Crippen molar-refractivity contribution in [3.63, 3.8) is 0 Å². The first kappa shape index (κ1) is 16.8. The average Bonchev–Trinajstić information content (AvgIpc) is 3.45. The molecular weight excluding hydrogens is 333 g/mol. The second-order valence-electron chi connectivity index (χ2n) is 7.16. The van der Waals surface area contributed by atoms with E-state index in [2.05, 4.69) is 15.6 Å². The summed E-state index contributed by atoms with van der Waals surface area (Å²) in [6.07, 6.45) is 2.85. The van der Waals surface area contributed by atoms with Gasteiger partial charge in [0.15, 0.2) is 0 Å². The van der Waals surface area contributed by atoms with Crippen LogP contribution in [0.1, 0.15) is 41.4 Å². The smallest absolute Gasteiger partial charge is 0.270 e. The normalized spacial score (nSPS) is 18.5. The fraction of sp³-hybridized carbons (Fsp3) is 0.400. The third-order valence-corrected chi connectivity index (χ3v) is 4.71. The maximum absolute atomic E-state index is 13.2. The largest absolute Gasteiger partial charge is 0.474 e. The van der Waals surface area contributed by atoms with Gasteiger partial charge in [-0.25, -0.2) is 9.37 Å². The van der Waals surface area contributed by atoms with Gasteiger partial charge in [-0.1, -0.05) is 12.1 Å². The zero-order chi connectivity index (χ0) is 18.1. The molecule has 1 aliphatic carbocycles. The van der Waals surface area contributed by atoms with Crippen molar-refractivity contribution < 1.29 is 13.9 Å². The number of carbonyl (C=O) groups is 1. The van der Waals surface area contributed by atoms with Crippen molar-refractivity contribution in [2.45, 2.75) is 32.2 Å². The lowest BCUT2D eigenvalue weighted by molar-refractivity contribution is 0.0944. The van der Waals surface area contributed by atoms with Crippen LogP contribution in [0.3, 0.4) is 0 Å². The fourth-order valence-corrected chi connectivity index (χ4v) is 3.06. The highest BCUT2D eigenvalue weighted by atomic mass is 19.1. The van der Waals surface area contributed by atoms with Crippen molar-refractivity contribution in [3.8, 4) is 5.88 Å². The molecule has 1 aliphatic heterocycles. The number of anilines is 1. The molecule has 2 heterocycles. The summed E-state index contributed by atoms with van der Waals surface area (Å²) in [5, 5.41) is 6.32. The monoisotopic (exact) mass is 355 g/mol. The molecule has 0 spiro atoms. The Hall–Kier alpha value is -2.63. The van der Waals surface area contributed by atoms with Gasteiger partial charge in [0.2, 0.25) is 5.88 Å². The maximum atomic E-state index is 13.2. The summed E-state index contributed by atoms with van der Waals surface area (Å²) in [6, 6.07) is 8.42. The zero-order valence-electron chi connectivity index (χ0n) is 14.7. The number of nitrogens with zero attached hydrogens (tertiary/aromatic N) is 1. The highest BCUT2D eigenvalue weighted by molar-refractivity contribution is 5.94. The van der Waals surface area contributed by atoms with Gasteiger partial charge < -0.3 is 15.4 Å². The SMILES string of the molecule is C[C@H]1COc2nc(C(=O)NCC3CC3)c(Cc3ccc(F)cc3)cc2N1. The molecule has 1 atom stereocenters. The fourth-order valence-electron chi connectivity index (χ4n) is 3.06. The van der Waals surface area contributed by atoms with Gasteiger partial charge in [-0.05, 0) is 61.4 Å². The first-order valence-electron chi connectivity index (χ1n) is 9.04. The summed E-state index contributed by atoms with van der Waals surface area (Å²) in [6.45, 7) is 3.23. The Morgan fingerprint density at radius 3 is 2.85 bits per heavy atom. The van der Waals surface area contributed by atoms with Crippen LogP contribution >= 0.6 is 0 Å². The first-order valence-corrected chi connectivity index (χ1v) is 9.04. The predicted octanol–water partition coefficient (Wildman–Crippen LogP) is 3.14. The van der Waals surface area contributed by atoms with Crippen molar-refractivity contribution in [3.05, 3.63) is 53.0 Å². The number of pyridine rings is 1.